The maximum absolute atomic E-state index is 13.2. The Kier molecular flexibility index (Phi) is 5.02. The maximum Gasteiger partial charge on any atom is 0.259 e. The Labute approximate surface area is 173 Å². The van der Waals surface area contributed by atoms with Crippen LogP contribution in [-0.4, -0.2) is 29.0 Å². The average molecular weight is 400 g/mol. The van der Waals surface area contributed by atoms with E-state index in [9.17, 15) is 9.59 Å². The molecular weight excluding hydrogens is 380 g/mol. The van der Waals surface area contributed by atoms with Crippen LogP contribution in [0.1, 0.15) is 32.0 Å². The lowest BCUT2D eigenvalue weighted by Gasteiger charge is -2.09. The van der Waals surface area contributed by atoms with E-state index < -0.39 is 0 Å². The second-order valence-electron chi connectivity index (χ2n) is 6.98. The number of hydrogen-bond donors (Lipinski definition) is 2. The fourth-order valence-electron chi connectivity index (χ4n) is 3.23. The number of aryl methyl sites for hydroxylation is 2. The van der Waals surface area contributed by atoms with Crippen molar-refractivity contribution in [1.82, 2.24) is 15.5 Å². The Morgan fingerprint density at radius 1 is 0.967 bits per heavy atom. The lowest BCUT2D eigenvalue weighted by atomic mass is 10.0. The summed E-state index contributed by atoms with van der Waals surface area (Å²) < 4.78 is 5.35. The van der Waals surface area contributed by atoms with Crippen molar-refractivity contribution in [2.45, 2.75) is 13.8 Å². The van der Waals surface area contributed by atoms with E-state index in [1.54, 1.807) is 44.3 Å². The average Bonchev–Trinajstić information content (AvgIpc) is 3.14. The highest BCUT2D eigenvalue weighted by Crippen LogP contribution is 2.28. The maximum atomic E-state index is 13.2. The van der Waals surface area contributed by atoms with Crippen molar-refractivity contribution in [3.63, 3.8) is 0 Å². The van der Waals surface area contributed by atoms with E-state index >= 15 is 0 Å². The molecule has 2 N–H and O–H groups in total. The third-order valence-electron chi connectivity index (χ3n) is 4.82. The second-order valence-corrected chi connectivity index (χ2v) is 6.98. The number of amides is 2. The van der Waals surface area contributed by atoms with E-state index in [0.717, 1.165) is 11.1 Å². The molecule has 0 spiro atoms. The van der Waals surface area contributed by atoms with Crippen molar-refractivity contribution in [3.05, 3.63) is 77.0 Å². The van der Waals surface area contributed by atoms with E-state index in [2.05, 4.69) is 20.8 Å². The number of aromatic nitrogens is 2. The van der Waals surface area contributed by atoms with E-state index in [1.165, 1.54) is 0 Å². The summed E-state index contributed by atoms with van der Waals surface area (Å²) in [7, 11) is 1.56. The highest BCUT2D eigenvalue weighted by atomic mass is 16.5. The van der Waals surface area contributed by atoms with Crippen LogP contribution < -0.4 is 10.6 Å². The van der Waals surface area contributed by atoms with Crippen LogP contribution in [0.4, 0.5) is 5.69 Å². The van der Waals surface area contributed by atoms with Gasteiger partial charge in [0.05, 0.1) is 22.3 Å². The number of rotatable bonds is 4. The molecule has 0 aliphatic heterocycles. The molecule has 0 unspecified atom stereocenters. The van der Waals surface area contributed by atoms with Crippen LogP contribution in [0.15, 0.2) is 59.1 Å². The minimum Gasteiger partial charge on any atom is -0.355 e. The standard InChI is InChI=1S/C23H20N4O3/c1-13-7-9-15(10-8-13)19-12-18(20-14(2)27-30-23(20)26-19)22(29)25-17-6-4-5-16(11-17)21(28)24-3/h4-12H,1-3H3,(H,24,28)(H,25,29). The number of anilines is 1. The van der Waals surface area contributed by atoms with Gasteiger partial charge in [-0.3, -0.25) is 9.59 Å². The lowest BCUT2D eigenvalue weighted by molar-refractivity contribution is 0.0961. The molecule has 0 saturated heterocycles. The SMILES string of the molecule is CNC(=O)c1cccc(NC(=O)c2cc(-c3ccc(C)cc3)nc3onc(C)c23)c1. The Morgan fingerprint density at radius 2 is 1.73 bits per heavy atom. The summed E-state index contributed by atoms with van der Waals surface area (Å²) in [6.45, 7) is 3.77. The summed E-state index contributed by atoms with van der Waals surface area (Å²) in [5.41, 5.74) is 4.86. The van der Waals surface area contributed by atoms with Gasteiger partial charge in [-0.2, -0.15) is 0 Å². The van der Waals surface area contributed by atoms with Gasteiger partial charge in [-0.15, -0.1) is 0 Å². The van der Waals surface area contributed by atoms with Crippen LogP contribution >= 0.6 is 0 Å². The normalized spacial score (nSPS) is 10.8. The third-order valence-corrected chi connectivity index (χ3v) is 4.82. The fraction of sp³-hybridized carbons (Fsp3) is 0.130. The summed E-state index contributed by atoms with van der Waals surface area (Å²) >= 11 is 0. The van der Waals surface area contributed by atoms with Gasteiger partial charge < -0.3 is 15.2 Å². The number of pyridine rings is 1. The topological polar surface area (TPSA) is 97.1 Å². The van der Waals surface area contributed by atoms with Crippen molar-refractivity contribution in [2.24, 2.45) is 0 Å². The van der Waals surface area contributed by atoms with Gasteiger partial charge in [-0.1, -0.05) is 41.1 Å². The molecule has 0 saturated carbocycles. The van der Waals surface area contributed by atoms with E-state index in [1.807, 2.05) is 31.2 Å². The predicted molar refractivity (Wildman–Crippen MR) is 114 cm³/mol. The summed E-state index contributed by atoms with van der Waals surface area (Å²) in [6.07, 6.45) is 0. The van der Waals surface area contributed by atoms with E-state index in [-0.39, 0.29) is 11.8 Å². The summed E-state index contributed by atoms with van der Waals surface area (Å²) in [5, 5.41) is 9.96. The molecule has 4 rings (SSSR count). The van der Waals surface area contributed by atoms with Crippen molar-refractivity contribution in [1.29, 1.82) is 0 Å². The number of carbonyl (C=O) groups excluding carboxylic acids is 2. The summed E-state index contributed by atoms with van der Waals surface area (Å²) in [4.78, 5) is 29.6. The molecule has 2 aromatic heterocycles. The van der Waals surface area contributed by atoms with Crippen LogP contribution in [0.25, 0.3) is 22.4 Å². The third kappa shape index (κ3) is 3.65. The van der Waals surface area contributed by atoms with Crippen LogP contribution in [0.3, 0.4) is 0 Å². The second kappa shape index (κ2) is 7.79. The number of hydrogen-bond acceptors (Lipinski definition) is 5. The van der Waals surface area contributed by atoms with Gasteiger partial charge in [0, 0.05) is 23.9 Å². The molecule has 7 heteroatoms. The number of benzene rings is 2. The quantitative estimate of drug-likeness (QED) is 0.537. The number of fused-ring (bicyclic) bond motifs is 1. The Morgan fingerprint density at radius 3 is 2.47 bits per heavy atom. The van der Waals surface area contributed by atoms with Gasteiger partial charge >= 0.3 is 0 Å². The monoisotopic (exact) mass is 400 g/mol. The number of carbonyl (C=O) groups is 2. The number of nitrogens with zero attached hydrogens (tertiary/aromatic N) is 2. The molecule has 0 radical (unpaired) electrons. The van der Waals surface area contributed by atoms with Crippen LogP contribution in [0.5, 0.6) is 0 Å². The van der Waals surface area contributed by atoms with Gasteiger partial charge in [-0.05, 0) is 38.1 Å². The van der Waals surface area contributed by atoms with Crippen LogP contribution in [0.2, 0.25) is 0 Å². The van der Waals surface area contributed by atoms with Crippen molar-refractivity contribution < 1.29 is 14.1 Å². The molecule has 2 aromatic carbocycles. The molecule has 0 fully saturated rings. The van der Waals surface area contributed by atoms with Crippen molar-refractivity contribution >= 4 is 28.6 Å². The van der Waals surface area contributed by atoms with E-state index in [0.29, 0.717) is 39.3 Å². The molecule has 0 bridgehead atoms. The van der Waals surface area contributed by atoms with Gasteiger partial charge in [-0.25, -0.2) is 4.98 Å². The molecule has 0 atom stereocenters. The first kappa shape index (κ1) is 19.3. The molecule has 30 heavy (non-hydrogen) atoms. The Hall–Kier alpha value is -4.00. The highest BCUT2D eigenvalue weighted by Gasteiger charge is 2.20. The van der Waals surface area contributed by atoms with Gasteiger partial charge in [0.15, 0.2) is 0 Å². The zero-order valence-electron chi connectivity index (χ0n) is 16.8. The minimum atomic E-state index is -0.337. The largest absolute Gasteiger partial charge is 0.355 e. The minimum absolute atomic E-state index is 0.228. The molecule has 2 heterocycles. The number of nitrogens with one attached hydrogen (secondary N) is 2. The van der Waals surface area contributed by atoms with Gasteiger partial charge in [0.25, 0.3) is 17.5 Å². The predicted octanol–water partition coefficient (Wildman–Crippen LogP) is 4.12. The first-order chi connectivity index (χ1) is 14.5. The lowest BCUT2D eigenvalue weighted by Crippen LogP contribution is -2.18. The molecule has 4 aromatic rings. The van der Waals surface area contributed by atoms with Crippen molar-refractivity contribution in [2.75, 3.05) is 12.4 Å². The molecule has 0 aliphatic rings. The molecular formula is C23H20N4O3. The van der Waals surface area contributed by atoms with Gasteiger partial charge in [0.1, 0.15) is 0 Å². The van der Waals surface area contributed by atoms with Crippen molar-refractivity contribution in [3.8, 4) is 11.3 Å². The molecule has 7 nitrogen and oxygen atoms in total. The summed E-state index contributed by atoms with van der Waals surface area (Å²) in [6, 6.07) is 16.3. The highest BCUT2D eigenvalue weighted by molar-refractivity contribution is 6.13. The van der Waals surface area contributed by atoms with Crippen LogP contribution in [-0.2, 0) is 0 Å². The Balaban J connectivity index is 1.75. The zero-order chi connectivity index (χ0) is 21.3. The van der Waals surface area contributed by atoms with Gasteiger partial charge in [0.2, 0.25) is 0 Å². The smallest absolute Gasteiger partial charge is 0.259 e. The van der Waals surface area contributed by atoms with E-state index in [4.69, 9.17) is 4.52 Å². The molecule has 0 aliphatic carbocycles. The molecule has 2 amide bonds. The fourth-order valence-corrected chi connectivity index (χ4v) is 3.23. The first-order valence-electron chi connectivity index (χ1n) is 9.44. The zero-order valence-corrected chi connectivity index (χ0v) is 16.8. The van der Waals surface area contributed by atoms with Crippen LogP contribution in [0, 0.1) is 13.8 Å². The Bertz CT molecular complexity index is 1260. The summed E-state index contributed by atoms with van der Waals surface area (Å²) in [5.74, 6) is -0.565. The molecule has 150 valence electrons. The first-order valence-corrected chi connectivity index (χ1v) is 9.44.